The highest BCUT2D eigenvalue weighted by Crippen LogP contribution is 2.18. The zero-order valence-corrected chi connectivity index (χ0v) is 12.9. The molecule has 1 aliphatic heterocycles. The Hall–Kier alpha value is -1.14. The second-order valence-electron chi connectivity index (χ2n) is 6.19. The average Bonchev–Trinajstić information content (AvgIpc) is 2.97. The fourth-order valence-corrected chi connectivity index (χ4v) is 3.19. The number of nitrogens with zero attached hydrogens (tertiary/aromatic N) is 2. The minimum atomic E-state index is -0.748. The zero-order chi connectivity index (χ0) is 15.2. The summed E-state index contributed by atoms with van der Waals surface area (Å²) in [5.74, 6) is -0.609. The van der Waals surface area contributed by atoms with Gasteiger partial charge in [0.05, 0.1) is 12.5 Å². The Bertz CT molecular complexity index is 361. The first-order valence-electron chi connectivity index (χ1n) is 8.05. The van der Waals surface area contributed by atoms with Crippen LogP contribution < -0.4 is 5.32 Å². The van der Waals surface area contributed by atoms with E-state index < -0.39 is 5.97 Å². The van der Waals surface area contributed by atoms with E-state index in [2.05, 4.69) is 15.1 Å². The van der Waals surface area contributed by atoms with Crippen molar-refractivity contribution in [3.8, 4) is 0 Å². The predicted molar refractivity (Wildman–Crippen MR) is 80.1 cm³/mol. The van der Waals surface area contributed by atoms with Gasteiger partial charge >= 0.3 is 5.97 Å². The van der Waals surface area contributed by atoms with Gasteiger partial charge in [0, 0.05) is 38.8 Å². The van der Waals surface area contributed by atoms with Crippen molar-refractivity contribution >= 4 is 11.9 Å². The van der Waals surface area contributed by atoms with Crippen LogP contribution in [0, 0.1) is 0 Å². The van der Waals surface area contributed by atoms with Crippen LogP contribution in [0.5, 0.6) is 0 Å². The molecule has 0 radical (unpaired) electrons. The van der Waals surface area contributed by atoms with E-state index in [4.69, 9.17) is 5.11 Å². The Morgan fingerprint density at radius 3 is 2.38 bits per heavy atom. The Morgan fingerprint density at radius 1 is 1.19 bits per heavy atom. The molecule has 2 N–H and O–H groups in total. The summed E-state index contributed by atoms with van der Waals surface area (Å²) in [4.78, 5) is 27.2. The van der Waals surface area contributed by atoms with Crippen molar-refractivity contribution in [3.05, 3.63) is 0 Å². The van der Waals surface area contributed by atoms with Gasteiger partial charge in [0.15, 0.2) is 0 Å². The molecule has 1 amide bonds. The molecule has 0 aromatic heterocycles. The highest BCUT2D eigenvalue weighted by atomic mass is 16.4. The van der Waals surface area contributed by atoms with E-state index >= 15 is 0 Å². The van der Waals surface area contributed by atoms with E-state index in [1.54, 1.807) is 0 Å². The summed E-state index contributed by atoms with van der Waals surface area (Å²) < 4.78 is 0. The maximum Gasteiger partial charge on any atom is 0.304 e. The van der Waals surface area contributed by atoms with E-state index in [0.29, 0.717) is 12.6 Å². The van der Waals surface area contributed by atoms with Crippen LogP contribution in [0.25, 0.3) is 0 Å². The quantitative estimate of drug-likeness (QED) is 0.748. The van der Waals surface area contributed by atoms with E-state index in [-0.39, 0.29) is 18.4 Å². The lowest BCUT2D eigenvalue weighted by Gasteiger charge is -2.37. The number of nitrogens with one attached hydrogen (secondary N) is 1. The lowest BCUT2D eigenvalue weighted by atomic mass is 10.2. The minimum absolute atomic E-state index is 0.0905. The van der Waals surface area contributed by atoms with Crippen molar-refractivity contribution < 1.29 is 14.7 Å². The van der Waals surface area contributed by atoms with Gasteiger partial charge in [-0.1, -0.05) is 12.8 Å². The predicted octanol–water partition coefficient (Wildman–Crippen LogP) is 0.526. The zero-order valence-electron chi connectivity index (χ0n) is 12.9. The van der Waals surface area contributed by atoms with E-state index in [9.17, 15) is 9.59 Å². The summed E-state index contributed by atoms with van der Waals surface area (Å²) in [7, 11) is 0. The van der Waals surface area contributed by atoms with Crippen LogP contribution in [0.3, 0.4) is 0 Å². The van der Waals surface area contributed by atoms with Crippen LogP contribution in [0.2, 0.25) is 0 Å². The summed E-state index contributed by atoms with van der Waals surface area (Å²) in [5, 5.41) is 11.9. The average molecular weight is 297 g/mol. The Kier molecular flexibility index (Phi) is 5.99. The van der Waals surface area contributed by atoms with Crippen molar-refractivity contribution in [3.63, 3.8) is 0 Å². The van der Waals surface area contributed by atoms with Crippen molar-refractivity contribution in [1.82, 2.24) is 15.1 Å². The smallest absolute Gasteiger partial charge is 0.304 e. The number of amides is 1. The van der Waals surface area contributed by atoms with Gasteiger partial charge in [-0.05, 0) is 19.8 Å². The van der Waals surface area contributed by atoms with Gasteiger partial charge in [-0.3, -0.25) is 14.5 Å². The summed E-state index contributed by atoms with van der Waals surface area (Å²) in [6, 6.07) is 0.282. The molecule has 2 aliphatic rings. The van der Waals surface area contributed by atoms with Gasteiger partial charge in [-0.15, -0.1) is 0 Å². The fraction of sp³-hybridized carbons (Fsp3) is 0.867. The van der Waals surface area contributed by atoms with E-state index in [1.807, 2.05) is 6.92 Å². The first-order valence-corrected chi connectivity index (χ1v) is 8.05. The Balaban J connectivity index is 1.70. The highest BCUT2D eigenvalue weighted by Gasteiger charge is 2.27. The van der Waals surface area contributed by atoms with Crippen LogP contribution >= 0.6 is 0 Å². The number of piperazine rings is 1. The van der Waals surface area contributed by atoms with Crippen LogP contribution in [0.1, 0.15) is 39.0 Å². The maximum absolute atomic E-state index is 12.3. The molecule has 1 heterocycles. The SMILES string of the molecule is C[C@@H](C(=O)NC1CCCC1)N1CCN(CCC(=O)O)CC1. The lowest BCUT2D eigenvalue weighted by Crippen LogP contribution is -2.54. The molecule has 0 aromatic carbocycles. The summed E-state index contributed by atoms with van der Waals surface area (Å²) in [5.41, 5.74) is 0. The second kappa shape index (κ2) is 7.75. The first-order chi connectivity index (χ1) is 10.1. The molecular formula is C15H27N3O3. The number of carbonyl (C=O) groups excluding carboxylic acids is 1. The minimum Gasteiger partial charge on any atom is -0.481 e. The van der Waals surface area contributed by atoms with Crippen molar-refractivity contribution in [2.45, 2.75) is 51.1 Å². The molecule has 1 aliphatic carbocycles. The molecule has 0 aromatic rings. The van der Waals surface area contributed by atoms with E-state index in [1.165, 1.54) is 12.8 Å². The topological polar surface area (TPSA) is 72.9 Å². The third-order valence-electron chi connectivity index (χ3n) is 4.68. The number of aliphatic carboxylic acids is 1. The van der Waals surface area contributed by atoms with Crippen LogP contribution in [-0.2, 0) is 9.59 Å². The molecule has 0 spiro atoms. The molecule has 0 bridgehead atoms. The number of carboxylic acid groups (broad SMARTS) is 1. The van der Waals surface area contributed by atoms with Gasteiger partial charge in [-0.25, -0.2) is 0 Å². The molecule has 2 fully saturated rings. The summed E-state index contributed by atoms with van der Waals surface area (Å²) in [6.45, 7) is 5.92. The van der Waals surface area contributed by atoms with Gasteiger partial charge < -0.3 is 15.3 Å². The third kappa shape index (κ3) is 4.97. The van der Waals surface area contributed by atoms with Gasteiger partial charge in [0.1, 0.15) is 0 Å². The fourth-order valence-electron chi connectivity index (χ4n) is 3.19. The maximum atomic E-state index is 12.3. The van der Waals surface area contributed by atoms with Gasteiger partial charge in [-0.2, -0.15) is 0 Å². The molecule has 120 valence electrons. The normalized spacial score (nSPS) is 23.1. The van der Waals surface area contributed by atoms with Crippen LogP contribution in [0.4, 0.5) is 0 Å². The first kappa shape index (κ1) is 16.2. The lowest BCUT2D eigenvalue weighted by molar-refractivity contribution is -0.137. The highest BCUT2D eigenvalue weighted by molar-refractivity contribution is 5.81. The number of hydrogen-bond donors (Lipinski definition) is 2. The molecule has 6 nitrogen and oxygen atoms in total. The molecule has 2 rings (SSSR count). The van der Waals surface area contributed by atoms with Crippen LogP contribution in [-0.4, -0.2) is 71.6 Å². The summed E-state index contributed by atoms with van der Waals surface area (Å²) >= 11 is 0. The molecule has 0 unspecified atom stereocenters. The third-order valence-corrected chi connectivity index (χ3v) is 4.68. The van der Waals surface area contributed by atoms with Crippen molar-refractivity contribution in [2.75, 3.05) is 32.7 Å². The Labute approximate surface area is 126 Å². The molecule has 1 saturated carbocycles. The van der Waals surface area contributed by atoms with Gasteiger partial charge in [0.2, 0.25) is 5.91 Å². The molecule has 1 saturated heterocycles. The number of carboxylic acids is 1. The molecule has 21 heavy (non-hydrogen) atoms. The van der Waals surface area contributed by atoms with Crippen LogP contribution in [0.15, 0.2) is 0 Å². The number of rotatable bonds is 6. The van der Waals surface area contributed by atoms with Crippen molar-refractivity contribution in [2.24, 2.45) is 0 Å². The summed E-state index contributed by atoms with van der Waals surface area (Å²) in [6.07, 6.45) is 4.86. The molecule has 1 atom stereocenters. The van der Waals surface area contributed by atoms with E-state index in [0.717, 1.165) is 39.0 Å². The van der Waals surface area contributed by atoms with Crippen molar-refractivity contribution in [1.29, 1.82) is 0 Å². The number of carbonyl (C=O) groups is 2. The standard InChI is InChI=1S/C15H27N3O3/c1-12(15(21)16-13-4-2-3-5-13)18-10-8-17(9-11-18)7-6-14(19)20/h12-13H,2-11H2,1H3,(H,16,21)(H,19,20)/t12-/m0/s1. The monoisotopic (exact) mass is 297 g/mol. The van der Waals surface area contributed by atoms with Gasteiger partial charge in [0.25, 0.3) is 0 Å². The molecular weight excluding hydrogens is 270 g/mol. The second-order valence-corrected chi connectivity index (χ2v) is 6.19. The Morgan fingerprint density at radius 2 is 1.81 bits per heavy atom. The largest absolute Gasteiger partial charge is 0.481 e. The number of hydrogen-bond acceptors (Lipinski definition) is 4. The molecule has 6 heteroatoms.